The van der Waals surface area contributed by atoms with Crippen molar-refractivity contribution in [2.75, 3.05) is 0 Å². The molecule has 0 aliphatic rings. The molecular formula is C16H15NO4. The van der Waals surface area contributed by atoms with Crippen molar-refractivity contribution in [2.45, 2.75) is 19.5 Å². The standard InChI is InChI=1S/C16H15NO4/c1-10(13-7-4-8-20-13)17-9-12-11-5-2-3-6-14(11)21-15(12)16(18)19/h2-8,10,17H,9H2,1H3,(H,18,19). The molecule has 0 radical (unpaired) electrons. The van der Waals surface area contributed by atoms with Crippen molar-refractivity contribution in [3.8, 4) is 0 Å². The molecule has 1 unspecified atom stereocenters. The van der Waals surface area contributed by atoms with Gasteiger partial charge in [0.05, 0.1) is 12.3 Å². The van der Waals surface area contributed by atoms with E-state index >= 15 is 0 Å². The average Bonchev–Trinajstić information content (AvgIpc) is 3.12. The largest absolute Gasteiger partial charge is 0.475 e. The zero-order valence-electron chi connectivity index (χ0n) is 11.5. The van der Waals surface area contributed by atoms with E-state index in [1.807, 2.05) is 37.3 Å². The molecule has 108 valence electrons. The molecule has 0 saturated heterocycles. The molecule has 1 atom stereocenters. The molecule has 2 aromatic heterocycles. The first-order chi connectivity index (χ1) is 10.2. The van der Waals surface area contributed by atoms with Crippen LogP contribution in [0.3, 0.4) is 0 Å². The van der Waals surface area contributed by atoms with Crippen LogP contribution in [0.2, 0.25) is 0 Å². The van der Waals surface area contributed by atoms with Crippen molar-refractivity contribution in [1.29, 1.82) is 0 Å². The van der Waals surface area contributed by atoms with E-state index in [4.69, 9.17) is 8.83 Å². The van der Waals surface area contributed by atoms with E-state index in [-0.39, 0.29) is 11.8 Å². The summed E-state index contributed by atoms with van der Waals surface area (Å²) in [6.07, 6.45) is 1.61. The third-order valence-corrected chi connectivity index (χ3v) is 3.45. The lowest BCUT2D eigenvalue weighted by Crippen LogP contribution is -2.18. The van der Waals surface area contributed by atoms with Crippen LogP contribution in [0.5, 0.6) is 0 Å². The van der Waals surface area contributed by atoms with Crippen LogP contribution in [-0.2, 0) is 6.54 Å². The first-order valence-corrected chi connectivity index (χ1v) is 6.67. The molecule has 0 bridgehead atoms. The molecule has 0 amide bonds. The SMILES string of the molecule is CC(NCc1c(C(=O)O)oc2ccccc12)c1ccco1. The van der Waals surface area contributed by atoms with Crippen LogP contribution in [0.4, 0.5) is 0 Å². The highest BCUT2D eigenvalue weighted by Crippen LogP contribution is 2.26. The van der Waals surface area contributed by atoms with E-state index in [9.17, 15) is 9.90 Å². The molecule has 0 spiro atoms. The molecule has 1 aromatic carbocycles. The summed E-state index contributed by atoms with van der Waals surface area (Å²) < 4.78 is 10.7. The number of aromatic carboxylic acids is 1. The predicted molar refractivity (Wildman–Crippen MR) is 77.1 cm³/mol. The van der Waals surface area contributed by atoms with Crippen LogP contribution >= 0.6 is 0 Å². The maximum Gasteiger partial charge on any atom is 0.372 e. The lowest BCUT2D eigenvalue weighted by Gasteiger charge is -2.10. The van der Waals surface area contributed by atoms with Crippen LogP contribution in [0, 0.1) is 0 Å². The lowest BCUT2D eigenvalue weighted by molar-refractivity contribution is 0.0663. The zero-order chi connectivity index (χ0) is 14.8. The smallest absolute Gasteiger partial charge is 0.372 e. The highest BCUT2D eigenvalue weighted by atomic mass is 16.4. The Morgan fingerprint density at radius 1 is 1.29 bits per heavy atom. The minimum atomic E-state index is -1.06. The van der Waals surface area contributed by atoms with Crippen LogP contribution in [0.15, 0.2) is 51.5 Å². The maximum absolute atomic E-state index is 11.3. The van der Waals surface area contributed by atoms with Crippen LogP contribution < -0.4 is 5.32 Å². The van der Waals surface area contributed by atoms with Gasteiger partial charge in [-0.05, 0) is 25.1 Å². The number of para-hydroxylation sites is 1. The van der Waals surface area contributed by atoms with E-state index < -0.39 is 5.97 Å². The maximum atomic E-state index is 11.3. The van der Waals surface area contributed by atoms with Gasteiger partial charge in [0.2, 0.25) is 5.76 Å². The summed E-state index contributed by atoms with van der Waals surface area (Å²) in [6, 6.07) is 11.0. The van der Waals surface area contributed by atoms with Gasteiger partial charge >= 0.3 is 5.97 Å². The fourth-order valence-corrected chi connectivity index (χ4v) is 2.34. The summed E-state index contributed by atoms with van der Waals surface area (Å²) in [4.78, 5) is 11.3. The first-order valence-electron chi connectivity index (χ1n) is 6.67. The third kappa shape index (κ3) is 2.55. The van der Waals surface area contributed by atoms with Gasteiger partial charge in [-0.15, -0.1) is 0 Å². The van der Waals surface area contributed by atoms with Gasteiger partial charge in [-0.25, -0.2) is 4.79 Å². The molecule has 2 N–H and O–H groups in total. The summed E-state index contributed by atoms with van der Waals surface area (Å²) in [5, 5.41) is 13.3. The Morgan fingerprint density at radius 3 is 2.81 bits per heavy atom. The Bertz CT molecular complexity index is 758. The highest BCUT2D eigenvalue weighted by molar-refractivity contribution is 5.95. The average molecular weight is 285 g/mol. The van der Waals surface area contributed by atoms with Gasteiger partial charge in [-0.1, -0.05) is 18.2 Å². The Labute approximate surface area is 121 Å². The summed E-state index contributed by atoms with van der Waals surface area (Å²) in [6.45, 7) is 2.35. The molecular weight excluding hydrogens is 270 g/mol. The van der Waals surface area contributed by atoms with Crippen molar-refractivity contribution < 1.29 is 18.7 Å². The molecule has 0 aliphatic heterocycles. The number of carbonyl (C=O) groups is 1. The number of hydrogen-bond acceptors (Lipinski definition) is 4. The predicted octanol–water partition coefficient (Wildman–Crippen LogP) is 3.57. The quantitative estimate of drug-likeness (QED) is 0.749. The van der Waals surface area contributed by atoms with E-state index in [0.717, 1.165) is 11.1 Å². The molecule has 5 nitrogen and oxygen atoms in total. The van der Waals surface area contributed by atoms with E-state index in [0.29, 0.717) is 17.7 Å². The fourth-order valence-electron chi connectivity index (χ4n) is 2.34. The van der Waals surface area contributed by atoms with Gasteiger partial charge < -0.3 is 19.3 Å². The van der Waals surface area contributed by atoms with Gasteiger partial charge in [0.15, 0.2) is 0 Å². The van der Waals surface area contributed by atoms with E-state index in [1.165, 1.54) is 0 Å². The molecule has 3 aromatic rings. The number of carboxylic acid groups (broad SMARTS) is 1. The van der Waals surface area contributed by atoms with Crippen LogP contribution in [0.25, 0.3) is 11.0 Å². The minimum Gasteiger partial charge on any atom is -0.475 e. The van der Waals surface area contributed by atoms with E-state index in [1.54, 1.807) is 12.3 Å². The Kier molecular flexibility index (Phi) is 3.50. The summed E-state index contributed by atoms with van der Waals surface area (Å²) in [7, 11) is 0. The van der Waals surface area contributed by atoms with Gasteiger partial charge in [0.1, 0.15) is 11.3 Å². The topological polar surface area (TPSA) is 75.6 Å². The molecule has 0 fully saturated rings. The van der Waals surface area contributed by atoms with Gasteiger partial charge in [-0.3, -0.25) is 0 Å². The third-order valence-electron chi connectivity index (χ3n) is 3.45. The second-order valence-corrected chi connectivity index (χ2v) is 4.83. The number of benzene rings is 1. The monoisotopic (exact) mass is 285 g/mol. The number of nitrogens with one attached hydrogen (secondary N) is 1. The Morgan fingerprint density at radius 2 is 2.10 bits per heavy atom. The molecule has 0 aliphatic carbocycles. The van der Waals surface area contributed by atoms with Gasteiger partial charge in [0, 0.05) is 17.5 Å². The van der Waals surface area contributed by atoms with Crippen molar-refractivity contribution in [2.24, 2.45) is 0 Å². The number of furan rings is 2. The van der Waals surface area contributed by atoms with Crippen molar-refractivity contribution in [3.63, 3.8) is 0 Å². The van der Waals surface area contributed by atoms with Crippen LogP contribution in [0.1, 0.15) is 34.8 Å². The summed E-state index contributed by atoms with van der Waals surface area (Å²) >= 11 is 0. The van der Waals surface area contributed by atoms with E-state index in [2.05, 4.69) is 5.32 Å². The zero-order valence-corrected chi connectivity index (χ0v) is 11.5. The second kappa shape index (κ2) is 5.46. The second-order valence-electron chi connectivity index (χ2n) is 4.83. The molecule has 5 heteroatoms. The summed E-state index contributed by atoms with van der Waals surface area (Å²) in [5.74, 6) is -0.274. The van der Waals surface area contributed by atoms with Crippen LogP contribution in [-0.4, -0.2) is 11.1 Å². The molecule has 3 rings (SSSR count). The van der Waals surface area contributed by atoms with Gasteiger partial charge in [0.25, 0.3) is 0 Å². The lowest BCUT2D eigenvalue weighted by atomic mass is 10.1. The number of hydrogen-bond donors (Lipinski definition) is 2. The number of fused-ring (bicyclic) bond motifs is 1. The van der Waals surface area contributed by atoms with Crippen molar-refractivity contribution >= 4 is 16.9 Å². The minimum absolute atomic E-state index is 0.0182. The first kappa shape index (κ1) is 13.5. The fraction of sp³-hybridized carbons (Fsp3) is 0.188. The number of carboxylic acids is 1. The summed E-state index contributed by atoms with van der Waals surface area (Å²) in [5.41, 5.74) is 1.23. The van der Waals surface area contributed by atoms with Gasteiger partial charge in [-0.2, -0.15) is 0 Å². The Balaban J connectivity index is 1.89. The van der Waals surface area contributed by atoms with Crippen molar-refractivity contribution in [1.82, 2.24) is 5.32 Å². The molecule has 21 heavy (non-hydrogen) atoms. The number of rotatable bonds is 5. The molecule has 2 heterocycles. The molecule has 0 saturated carbocycles. The van der Waals surface area contributed by atoms with Crippen molar-refractivity contribution in [3.05, 3.63) is 59.7 Å². The highest BCUT2D eigenvalue weighted by Gasteiger charge is 2.20. The Hall–Kier alpha value is -2.53. The normalized spacial score (nSPS) is 12.6.